The van der Waals surface area contributed by atoms with Gasteiger partial charge >= 0.3 is 0 Å². The van der Waals surface area contributed by atoms with Gasteiger partial charge in [-0.25, -0.2) is 4.98 Å². The van der Waals surface area contributed by atoms with Crippen LogP contribution in [0.15, 0.2) is 18.2 Å². The number of likely N-dealkylation sites (N-methyl/N-ethyl adjacent to an activating group) is 1. The van der Waals surface area contributed by atoms with Crippen LogP contribution in [0.2, 0.25) is 0 Å². The lowest BCUT2D eigenvalue weighted by molar-refractivity contribution is -0.121. The maximum Gasteiger partial charge on any atom is 0.276 e. The number of amides is 3. The van der Waals surface area contributed by atoms with Gasteiger partial charge in [-0.15, -0.1) is 0 Å². The van der Waals surface area contributed by atoms with E-state index in [0.29, 0.717) is 48.1 Å². The van der Waals surface area contributed by atoms with Crippen LogP contribution in [0, 0.1) is 6.92 Å². The highest BCUT2D eigenvalue weighted by Crippen LogP contribution is 2.31. The summed E-state index contributed by atoms with van der Waals surface area (Å²) >= 11 is 0. The smallest absolute Gasteiger partial charge is 0.276 e. The number of rotatable bonds is 16. The second kappa shape index (κ2) is 14.5. The molecule has 1 aromatic carbocycles. The average Bonchev–Trinajstić information content (AvgIpc) is 3.47. The van der Waals surface area contributed by atoms with Crippen molar-refractivity contribution in [1.29, 1.82) is 0 Å². The van der Waals surface area contributed by atoms with Crippen molar-refractivity contribution in [2.24, 2.45) is 5.73 Å². The number of primary amides is 1. The maximum absolute atomic E-state index is 13.2. The number of hydrogen-bond acceptors (Lipinski definition) is 7. The molecule has 3 rings (SSSR count). The van der Waals surface area contributed by atoms with Gasteiger partial charge in [-0.1, -0.05) is 20.8 Å². The topological polar surface area (TPSA) is 149 Å². The molecule has 0 aliphatic heterocycles. The van der Waals surface area contributed by atoms with E-state index < -0.39 is 5.91 Å². The van der Waals surface area contributed by atoms with Crippen molar-refractivity contribution in [1.82, 2.24) is 29.5 Å². The van der Waals surface area contributed by atoms with Gasteiger partial charge in [-0.3, -0.25) is 24.4 Å². The number of nitrogens with two attached hydrogens (primary N) is 1. The number of aryl methyl sites for hydroxylation is 3. The second-order valence-electron chi connectivity index (χ2n) is 9.62. The van der Waals surface area contributed by atoms with Gasteiger partial charge in [-0.05, 0) is 58.0 Å². The van der Waals surface area contributed by atoms with Gasteiger partial charge in [0.15, 0.2) is 0 Å². The van der Waals surface area contributed by atoms with Crippen molar-refractivity contribution in [2.75, 3.05) is 38.1 Å². The first-order valence-corrected chi connectivity index (χ1v) is 14.0. The lowest BCUT2D eigenvalue weighted by Crippen LogP contribution is -2.35. The lowest BCUT2D eigenvalue weighted by Gasteiger charge is -2.19. The van der Waals surface area contributed by atoms with E-state index in [4.69, 9.17) is 10.5 Å². The molecule has 0 fully saturated rings. The van der Waals surface area contributed by atoms with Crippen LogP contribution in [-0.4, -0.2) is 74.7 Å². The molecule has 2 heterocycles. The zero-order chi connectivity index (χ0) is 29.2. The van der Waals surface area contributed by atoms with Gasteiger partial charge in [0.25, 0.3) is 5.91 Å². The Balaban J connectivity index is 1.81. The number of imidazole rings is 1. The van der Waals surface area contributed by atoms with Crippen LogP contribution in [0.4, 0.5) is 5.95 Å². The van der Waals surface area contributed by atoms with E-state index in [0.717, 1.165) is 38.2 Å². The zero-order valence-corrected chi connectivity index (χ0v) is 24.2. The molecule has 0 bridgehead atoms. The van der Waals surface area contributed by atoms with Crippen LogP contribution < -0.4 is 21.1 Å². The molecule has 0 saturated carbocycles. The summed E-state index contributed by atoms with van der Waals surface area (Å²) in [7, 11) is 0. The van der Waals surface area contributed by atoms with Gasteiger partial charge in [0, 0.05) is 31.7 Å². The number of fused-ring (bicyclic) bond motifs is 1. The quantitative estimate of drug-likeness (QED) is 0.246. The third kappa shape index (κ3) is 7.59. The van der Waals surface area contributed by atoms with E-state index in [9.17, 15) is 14.4 Å². The van der Waals surface area contributed by atoms with Crippen molar-refractivity contribution >= 4 is 34.7 Å². The molecule has 4 N–H and O–H groups in total. The Labute approximate surface area is 235 Å². The first kappa shape index (κ1) is 30.6. The van der Waals surface area contributed by atoms with Gasteiger partial charge in [0.1, 0.15) is 17.0 Å². The highest BCUT2D eigenvalue weighted by atomic mass is 16.5. The summed E-state index contributed by atoms with van der Waals surface area (Å²) in [4.78, 5) is 44.5. The predicted octanol–water partition coefficient (Wildman–Crippen LogP) is 2.94. The molecule has 2 aromatic heterocycles. The molecular weight excluding hydrogens is 512 g/mol. The molecule has 40 heavy (non-hydrogen) atoms. The van der Waals surface area contributed by atoms with Gasteiger partial charge in [0.05, 0.1) is 24.2 Å². The minimum absolute atomic E-state index is 0.101. The third-order valence-electron chi connectivity index (χ3n) is 6.52. The van der Waals surface area contributed by atoms with Crippen LogP contribution in [-0.2, 0) is 17.9 Å². The monoisotopic (exact) mass is 554 g/mol. The summed E-state index contributed by atoms with van der Waals surface area (Å²) in [5, 5.41) is 10.2. The van der Waals surface area contributed by atoms with E-state index in [1.54, 1.807) is 22.9 Å². The molecule has 0 saturated heterocycles. The molecule has 12 nitrogen and oxygen atoms in total. The van der Waals surface area contributed by atoms with Crippen LogP contribution in [0.3, 0.4) is 0 Å². The number of anilines is 1. The third-order valence-corrected chi connectivity index (χ3v) is 6.52. The fourth-order valence-corrected chi connectivity index (χ4v) is 4.59. The average molecular weight is 555 g/mol. The molecular formula is C28H42N8O4. The molecule has 0 aliphatic rings. The largest absolute Gasteiger partial charge is 0.491 e. The Bertz CT molecular complexity index is 1330. The van der Waals surface area contributed by atoms with Crippen molar-refractivity contribution in [3.63, 3.8) is 0 Å². The fourth-order valence-electron chi connectivity index (χ4n) is 4.59. The van der Waals surface area contributed by atoms with Crippen LogP contribution >= 0.6 is 0 Å². The Morgan fingerprint density at radius 1 is 1.07 bits per heavy atom. The molecule has 218 valence electrons. The first-order chi connectivity index (χ1) is 19.2. The molecule has 0 spiro atoms. The lowest BCUT2D eigenvalue weighted by atomic mass is 10.1. The number of hydrogen-bond donors (Lipinski definition) is 3. The predicted molar refractivity (Wildman–Crippen MR) is 155 cm³/mol. The SMILES string of the molecule is CCCN(CC)CCNC(=O)CCOc1cc(C(N)=O)cc2nc(NC(=O)c3cc(C)nn3CC)n(CCC)c12. The maximum atomic E-state index is 13.2. The van der Waals surface area contributed by atoms with Crippen molar-refractivity contribution in [3.05, 3.63) is 35.2 Å². The van der Waals surface area contributed by atoms with Crippen LogP contribution in [0.25, 0.3) is 11.0 Å². The number of nitrogens with one attached hydrogen (secondary N) is 2. The summed E-state index contributed by atoms with van der Waals surface area (Å²) in [6.45, 7) is 14.5. The van der Waals surface area contributed by atoms with E-state index >= 15 is 0 Å². The van der Waals surface area contributed by atoms with Crippen LogP contribution in [0.5, 0.6) is 5.75 Å². The minimum atomic E-state index is -0.630. The molecule has 0 radical (unpaired) electrons. The minimum Gasteiger partial charge on any atom is -0.491 e. The first-order valence-electron chi connectivity index (χ1n) is 14.0. The number of benzene rings is 1. The fraction of sp³-hybridized carbons (Fsp3) is 0.536. The summed E-state index contributed by atoms with van der Waals surface area (Å²) < 4.78 is 9.51. The van der Waals surface area contributed by atoms with Gasteiger partial charge < -0.3 is 25.3 Å². The van der Waals surface area contributed by atoms with E-state index in [1.807, 2.05) is 25.3 Å². The van der Waals surface area contributed by atoms with Crippen molar-refractivity contribution in [2.45, 2.75) is 67.0 Å². The number of aromatic nitrogens is 4. The zero-order valence-electron chi connectivity index (χ0n) is 24.2. The second-order valence-corrected chi connectivity index (χ2v) is 9.62. The Hall–Kier alpha value is -3.93. The summed E-state index contributed by atoms with van der Waals surface area (Å²) in [5.41, 5.74) is 8.03. The molecule has 0 atom stereocenters. The van der Waals surface area contributed by atoms with Crippen molar-refractivity contribution < 1.29 is 19.1 Å². The highest BCUT2D eigenvalue weighted by Gasteiger charge is 2.21. The highest BCUT2D eigenvalue weighted by molar-refractivity contribution is 6.04. The molecule has 3 aromatic rings. The Morgan fingerprint density at radius 3 is 2.50 bits per heavy atom. The molecule has 0 unspecified atom stereocenters. The Kier molecular flexibility index (Phi) is 11.1. The molecule has 3 amide bonds. The summed E-state index contributed by atoms with van der Waals surface area (Å²) in [5.74, 6) is -0.400. The molecule has 12 heteroatoms. The van der Waals surface area contributed by atoms with Crippen molar-refractivity contribution in [3.8, 4) is 5.75 Å². The van der Waals surface area contributed by atoms with E-state index in [2.05, 4.69) is 39.5 Å². The molecule has 0 aliphatic carbocycles. The number of ether oxygens (including phenoxy) is 1. The Morgan fingerprint density at radius 2 is 1.85 bits per heavy atom. The van der Waals surface area contributed by atoms with Gasteiger partial charge in [0.2, 0.25) is 17.8 Å². The summed E-state index contributed by atoms with van der Waals surface area (Å²) in [6.07, 6.45) is 1.97. The van der Waals surface area contributed by atoms with Crippen LogP contribution in [0.1, 0.15) is 73.5 Å². The van der Waals surface area contributed by atoms with Gasteiger partial charge in [-0.2, -0.15) is 5.10 Å². The van der Waals surface area contributed by atoms with E-state index in [1.165, 1.54) is 0 Å². The number of carbonyl (C=O) groups excluding carboxylic acids is 3. The number of carbonyl (C=O) groups is 3. The number of nitrogens with zero attached hydrogens (tertiary/aromatic N) is 5. The normalized spacial score (nSPS) is 11.2. The standard InChI is InChI=1S/C28H42N8O4/c1-6-12-34(8-3)14-11-30-24(37)10-15-40-23-18-20(26(29)38)17-21-25(23)35(13-7-2)28(31-21)32-27(39)22-16-19(5)33-36(22)9-4/h16-18H,6-15H2,1-5H3,(H2,29,38)(H,30,37)(H,31,32,39). The van der Waals surface area contributed by atoms with E-state index in [-0.39, 0.29) is 30.4 Å². The summed E-state index contributed by atoms with van der Waals surface area (Å²) in [6, 6.07) is 4.86.